The van der Waals surface area contributed by atoms with Gasteiger partial charge in [0.15, 0.2) is 0 Å². The molecule has 28 heavy (non-hydrogen) atoms. The average Bonchev–Trinajstić information content (AvgIpc) is 2.63. The zero-order valence-electron chi connectivity index (χ0n) is 16.7. The molecule has 0 N–H and O–H groups in total. The Balaban J connectivity index is 2.13. The van der Waals surface area contributed by atoms with E-state index in [0.29, 0.717) is 22.0 Å². The smallest absolute Gasteiger partial charge is 0.251 e. The van der Waals surface area contributed by atoms with E-state index in [-0.39, 0.29) is 11.4 Å². The van der Waals surface area contributed by atoms with Crippen molar-refractivity contribution in [2.75, 3.05) is 19.1 Å². The van der Waals surface area contributed by atoms with Gasteiger partial charge in [-0.05, 0) is 50.6 Å². The Bertz CT molecular complexity index is 928. The number of benzene rings is 2. The predicted octanol–water partition coefficient (Wildman–Crippen LogP) is 5.84. The Hall–Kier alpha value is -2.17. The summed E-state index contributed by atoms with van der Waals surface area (Å²) in [4.78, 5) is 16.9. The van der Waals surface area contributed by atoms with Crippen molar-refractivity contribution in [3.05, 3.63) is 63.8 Å². The SMILES string of the molecule is COc1ccc2c(c1)N(c1cc(Cl)cc(Cl)c1)C=C(C(=O)N(C)C(C)(C)C)C2. The Morgan fingerprint density at radius 2 is 1.75 bits per heavy atom. The van der Waals surface area contributed by atoms with Crippen LogP contribution in [0.5, 0.6) is 5.75 Å². The Morgan fingerprint density at radius 3 is 2.32 bits per heavy atom. The number of amides is 1. The number of ether oxygens (including phenoxy) is 1. The molecule has 0 atom stereocenters. The lowest BCUT2D eigenvalue weighted by atomic mass is 9.96. The molecule has 0 aliphatic carbocycles. The molecule has 0 saturated heterocycles. The minimum Gasteiger partial charge on any atom is -0.497 e. The van der Waals surface area contributed by atoms with Gasteiger partial charge in [0.2, 0.25) is 0 Å². The van der Waals surface area contributed by atoms with Crippen LogP contribution in [-0.2, 0) is 11.2 Å². The van der Waals surface area contributed by atoms with Crippen molar-refractivity contribution in [2.45, 2.75) is 32.7 Å². The number of likely N-dealkylation sites (N-methyl/N-ethyl adjacent to an activating group) is 1. The number of nitrogens with zero attached hydrogens (tertiary/aromatic N) is 2. The van der Waals surface area contributed by atoms with Crippen molar-refractivity contribution in [3.63, 3.8) is 0 Å². The van der Waals surface area contributed by atoms with Crippen LogP contribution in [-0.4, -0.2) is 30.5 Å². The fourth-order valence-electron chi connectivity index (χ4n) is 3.06. The van der Waals surface area contributed by atoms with E-state index in [1.165, 1.54) is 0 Å². The van der Waals surface area contributed by atoms with Crippen LogP contribution in [0.15, 0.2) is 48.2 Å². The third-order valence-electron chi connectivity index (χ3n) is 4.93. The molecular formula is C22H24Cl2N2O2. The highest BCUT2D eigenvalue weighted by Gasteiger charge is 2.29. The topological polar surface area (TPSA) is 32.8 Å². The molecule has 2 aromatic carbocycles. The van der Waals surface area contributed by atoms with E-state index in [1.807, 2.05) is 69.3 Å². The van der Waals surface area contributed by atoms with Crippen LogP contribution in [0.25, 0.3) is 0 Å². The van der Waals surface area contributed by atoms with Gasteiger partial charge in [-0.2, -0.15) is 0 Å². The Labute approximate surface area is 176 Å². The van der Waals surface area contributed by atoms with Crippen molar-refractivity contribution in [3.8, 4) is 5.75 Å². The molecule has 1 heterocycles. The molecule has 1 aliphatic heterocycles. The average molecular weight is 419 g/mol. The molecule has 1 amide bonds. The maximum Gasteiger partial charge on any atom is 0.251 e. The first-order valence-electron chi connectivity index (χ1n) is 9.01. The molecule has 3 rings (SSSR count). The maximum atomic E-state index is 13.1. The highest BCUT2D eigenvalue weighted by Crippen LogP contribution is 2.39. The van der Waals surface area contributed by atoms with Gasteiger partial charge >= 0.3 is 0 Å². The molecule has 148 valence electrons. The van der Waals surface area contributed by atoms with E-state index in [2.05, 4.69) is 0 Å². The summed E-state index contributed by atoms with van der Waals surface area (Å²) >= 11 is 12.5. The molecule has 0 spiro atoms. The minimum atomic E-state index is -0.275. The van der Waals surface area contributed by atoms with Crippen molar-refractivity contribution < 1.29 is 9.53 Å². The summed E-state index contributed by atoms with van der Waals surface area (Å²) in [6.07, 6.45) is 2.41. The van der Waals surface area contributed by atoms with Crippen LogP contribution in [0.1, 0.15) is 26.3 Å². The summed E-state index contributed by atoms with van der Waals surface area (Å²) in [5, 5.41) is 1.07. The monoisotopic (exact) mass is 418 g/mol. The summed E-state index contributed by atoms with van der Waals surface area (Å²) in [6.45, 7) is 6.05. The Kier molecular flexibility index (Phi) is 5.64. The number of carbonyl (C=O) groups excluding carboxylic acids is 1. The summed E-state index contributed by atoms with van der Waals surface area (Å²) in [6, 6.07) is 11.2. The van der Waals surface area contributed by atoms with Crippen LogP contribution >= 0.6 is 23.2 Å². The van der Waals surface area contributed by atoms with Crippen LogP contribution in [0.3, 0.4) is 0 Å². The zero-order chi connectivity index (χ0) is 20.6. The molecule has 0 bridgehead atoms. The Morgan fingerprint density at radius 1 is 1.11 bits per heavy atom. The van der Waals surface area contributed by atoms with E-state index in [1.54, 1.807) is 18.1 Å². The standard InChI is InChI=1S/C22H24Cl2N2O2/c1-22(2,3)25(4)21(27)15-8-14-6-7-19(28-5)12-20(14)26(13-15)18-10-16(23)9-17(24)11-18/h6-7,9-13H,8H2,1-5H3. The molecule has 2 aromatic rings. The molecule has 0 aromatic heterocycles. The number of hydrogen-bond acceptors (Lipinski definition) is 3. The van der Waals surface area contributed by atoms with Gasteiger partial charge < -0.3 is 14.5 Å². The van der Waals surface area contributed by atoms with Gasteiger partial charge in [0.1, 0.15) is 5.75 Å². The van der Waals surface area contributed by atoms with Gasteiger partial charge in [0.25, 0.3) is 5.91 Å². The molecule has 0 unspecified atom stereocenters. The molecule has 4 nitrogen and oxygen atoms in total. The third-order valence-corrected chi connectivity index (χ3v) is 5.37. The summed E-state index contributed by atoms with van der Waals surface area (Å²) < 4.78 is 5.39. The maximum absolute atomic E-state index is 13.1. The second-order valence-electron chi connectivity index (χ2n) is 7.86. The van der Waals surface area contributed by atoms with Crippen molar-refractivity contribution >= 4 is 40.5 Å². The van der Waals surface area contributed by atoms with Crippen LogP contribution in [0.4, 0.5) is 11.4 Å². The fraction of sp³-hybridized carbons (Fsp3) is 0.318. The fourth-order valence-corrected chi connectivity index (χ4v) is 3.58. The molecule has 0 saturated carbocycles. The third kappa shape index (κ3) is 4.13. The lowest BCUT2D eigenvalue weighted by Crippen LogP contribution is -2.44. The highest BCUT2D eigenvalue weighted by molar-refractivity contribution is 6.35. The molecular weight excluding hydrogens is 395 g/mol. The lowest BCUT2D eigenvalue weighted by molar-refractivity contribution is -0.130. The number of halogens is 2. The molecule has 0 fully saturated rings. The van der Waals surface area contributed by atoms with Gasteiger partial charge in [-0.15, -0.1) is 0 Å². The molecule has 6 heteroatoms. The van der Waals surface area contributed by atoms with Crippen molar-refractivity contribution in [1.29, 1.82) is 0 Å². The van der Waals surface area contributed by atoms with Gasteiger partial charge in [0, 0.05) is 52.6 Å². The number of carbonyl (C=O) groups is 1. The van der Waals surface area contributed by atoms with Gasteiger partial charge in [0.05, 0.1) is 12.8 Å². The summed E-state index contributed by atoms with van der Waals surface area (Å²) in [5.41, 5.74) is 3.18. The first-order valence-corrected chi connectivity index (χ1v) is 9.77. The van der Waals surface area contributed by atoms with Gasteiger partial charge in [-0.1, -0.05) is 29.3 Å². The van der Waals surface area contributed by atoms with E-state index in [0.717, 1.165) is 22.7 Å². The molecule has 1 aliphatic rings. The summed E-state index contributed by atoms with van der Waals surface area (Å²) in [5.74, 6) is 0.735. The summed E-state index contributed by atoms with van der Waals surface area (Å²) in [7, 11) is 3.46. The van der Waals surface area contributed by atoms with Crippen LogP contribution in [0, 0.1) is 0 Å². The first kappa shape index (κ1) is 20.6. The molecule has 0 radical (unpaired) electrons. The predicted molar refractivity (Wildman–Crippen MR) is 116 cm³/mol. The van der Waals surface area contributed by atoms with E-state index in [4.69, 9.17) is 27.9 Å². The van der Waals surface area contributed by atoms with Crippen molar-refractivity contribution in [1.82, 2.24) is 4.90 Å². The van der Waals surface area contributed by atoms with E-state index < -0.39 is 0 Å². The lowest BCUT2D eigenvalue weighted by Gasteiger charge is -2.35. The minimum absolute atomic E-state index is 0.00732. The van der Waals surface area contributed by atoms with Crippen LogP contribution in [0.2, 0.25) is 10.0 Å². The quantitative estimate of drug-likeness (QED) is 0.627. The number of fused-ring (bicyclic) bond motifs is 1. The second kappa shape index (κ2) is 7.69. The number of rotatable bonds is 3. The number of methoxy groups -OCH3 is 1. The van der Waals surface area contributed by atoms with Gasteiger partial charge in [-0.3, -0.25) is 4.79 Å². The largest absolute Gasteiger partial charge is 0.497 e. The first-order chi connectivity index (χ1) is 13.1. The second-order valence-corrected chi connectivity index (χ2v) is 8.73. The number of anilines is 2. The zero-order valence-corrected chi connectivity index (χ0v) is 18.2. The van der Waals surface area contributed by atoms with Crippen LogP contribution < -0.4 is 9.64 Å². The van der Waals surface area contributed by atoms with E-state index >= 15 is 0 Å². The van der Waals surface area contributed by atoms with Gasteiger partial charge in [-0.25, -0.2) is 0 Å². The van der Waals surface area contributed by atoms with E-state index in [9.17, 15) is 4.79 Å². The number of hydrogen-bond donors (Lipinski definition) is 0. The normalized spacial score (nSPS) is 13.7. The highest BCUT2D eigenvalue weighted by atomic mass is 35.5. The van der Waals surface area contributed by atoms with Crippen molar-refractivity contribution in [2.24, 2.45) is 0 Å².